The number of alkyl halides is 8. The average Bonchev–Trinajstić information content (AvgIpc) is 1.80. The van der Waals surface area contributed by atoms with Gasteiger partial charge < -0.3 is 0 Å². The smallest absolute Gasteiger partial charge is 0.234 e. The van der Waals surface area contributed by atoms with Gasteiger partial charge in [0.1, 0.15) is 3.92 Å². The van der Waals surface area contributed by atoms with E-state index in [1.807, 2.05) is 0 Å². The minimum atomic E-state index is -5.28. The monoisotopic (exact) mass is 338 g/mol. The van der Waals surface area contributed by atoms with Crippen LogP contribution in [0.3, 0.4) is 0 Å². The molecule has 0 aromatic rings. The highest BCUT2D eigenvalue weighted by Crippen LogP contribution is 2.42. The molecule has 0 N–H and O–H groups in total. The Hall–Kier alpha value is 0.240. The summed E-state index contributed by atoms with van der Waals surface area (Å²) in [5.74, 6) is 0. The van der Waals surface area contributed by atoms with Gasteiger partial charge in [-0.2, -0.15) is 26.3 Å². The fourth-order valence-corrected chi connectivity index (χ4v) is 1.40. The zero-order valence-electron chi connectivity index (χ0n) is 6.81. The Labute approximate surface area is 89.0 Å². The summed E-state index contributed by atoms with van der Waals surface area (Å²) in [6, 6.07) is 0. The first-order chi connectivity index (χ1) is 5.88. The largest absolute Gasteiger partial charge is 0.422 e. The lowest BCUT2D eigenvalue weighted by atomic mass is 10.0. The highest BCUT2D eigenvalue weighted by Gasteiger charge is 2.55. The zero-order chi connectivity index (χ0) is 11.8. The van der Waals surface area contributed by atoms with Gasteiger partial charge in [-0.05, 0) is 6.92 Å². The van der Waals surface area contributed by atoms with Gasteiger partial charge in [-0.3, -0.25) is 0 Å². The van der Waals surface area contributed by atoms with Crippen molar-refractivity contribution in [3.8, 4) is 0 Å². The maximum atomic E-state index is 12.7. The third kappa shape index (κ3) is 3.77. The van der Waals surface area contributed by atoms with Crippen LogP contribution in [0.15, 0.2) is 0 Å². The summed E-state index contributed by atoms with van der Waals surface area (Å²) in [6.07, 6.45) is -11.7. The molecule has 0 aliphatic carbocycles. The average molecular weight is 338 g/mol. The Balaban J connectivity index is 4.53. The van der Waals surface area contributed by atoms with Crippen molar-refractivity contribution >= 4 is 22.6 Å². The van der Waals surface area contributed by atoms with Crippen molar-refractivity contribution in [2.45, 2.75) is 35.3 Å². The summed E-state index contributed by atoms with van der Waals surface area (Å²) in [7, 11) is 0. The Bertz CT molecular complexity index is 191. The number of hydrogen-bond acceptors (Lipinski definition) is 0. The van der Waals surface area contributed by atoms with Crippen LogP contribution >= 0.6 is 22.6 Å². The summed E-state index contributed by atoms with van der Waals surface area (Å²) in [5.41, 5.74) is -3.81. The molecule has 0 aromatic carbocycles. The molecule has 14 heavy (non-hydrogen) atoms. The SMILES string of the molecule is CC(F)(CC(I)C(F)(F)F)C(F)(F)F. The molecule has 0 rings (SSSR count). The third-order valence-corrected chi connectivity index (χ3v) is 2.66. The molecule has 0 aliphatic rings. The molecule has 86 valence electrons. The van der Waals surface area contributed by atoms with E-state index >= 15 is 0 Å². The molecular weight excluding hydrogens is 332 g/mol. The van der Waals surface area contributed by atoms with Crippen LogP contribution in [0.5, 0.6) is 0 Å². The second-order valence-electron chi connectivity index (χ2n) is 2.91. The quantitative estimate of drug-likeness (QED) is 0.405. The molecule has 0 saturated heterocycles. The highest BCUT2D eigenvalue weighted by atomic mass is 127. The minimum Gasteiger partial charge on any atom is -0.234 e. The lowest BCUT2D eigenvalue weighted by Crippen LogP contribution is -2.42. The predicted octanol–water partition coefficient (Wildman–Crippen LogP) is 4.03. The molecule has 0 heterocycles. The zero-order valence-corrected chi connectivity index (χ0v) is 8.97. The first-order valence-electron chi connectivity index (χ1n) is 3.34. The lowest BCUT2D eigenvalue weighted by Gasteiger charge is -2.26. The van der Waals surface area contributed by atoms with Crippen LogP contribution in [0, 0.1) is 0 Å². The first-order valence-corrected chi connectivity index (χ1v) is 4.59. The Morgan fingerprint density at radius 3 is 1.57 bits per heavy atom. The molecule has 0 bridgehead atoms. The van der Waals surface area contributed by atoms with Crippen LogP contribution in [-0.4, -0.2) is 21.9 Å². The molecule has 0 amide bonds. The maximum Gasteiger partial charge on any atom is 0.422 e. The van der Waals surface area contributed by atoms with Crippen molar-refractivity contribution in [2.24, 2.45) is 0 Å². The molecule has 0 radical (unpaired) electrons. The second-order valence-corrected chi connectivity index (χ2v) is 4.41. The van der Waals surface area contributed by atoms with E-state index in [-0.39, 0.29) is 6.92 Å². The van der Waals surface area contributed by atoms with Gasteiger partial charge in [0.05, 0.1) is 0 Å². The van der Waals surface area contributed by atoms with Crippen molar-refractivity contribution < 1.29 is 30.7 Å². The van der Waals surface area contributed by atoms with Gasteiger partial charge in [-0.15, -0.1) is 0 Å². The number of halogens is 8. The van der Waals surface area contributed by atoms with Crippen LogP contribution in [0.1, 0.15) is 13.3 Å². The second kappa shape index (κ2) is 4.01. The standard InChI is InChI=1S/C6H6F7I/c1-4(7,6(11,12)13)2-3(14)5(8,9)10/h3H,2H2,1H3. The van der Waals surface area contributed by atoms with Crippen LogP contribution in [-0.2, 0) is 0 Å². The van der Waals surface area contributed by atoms with Gasteiger partial charge in [-0.1, -0.05) is 22.6 Å². The van der Waals surface area contributed by atoms with E-state index in [0.29, 0.717) is 0 Å². The van der Waals surface area contributed by atoms with Crippen molar-refractivity contribution in [3.05, 3.63) is 0 Å². The minimum absolute atomic E-state index is 0.102. The summed E-state index contributed by atoms with van der Waals surface area (Å²) in [6.45, 7) is 0.102. The number of rotatable bonds is 2. The summed E-state index contributed by atoms with van der Waals surface area (Å²) in [4.78, 5) is 0. The molecule has 0 fully saturated rings. The van der Waals surface area contributed by atoms with Crippen LogP contribution in [0.2, 0.25) is 0 Å². The van der Waals surface area contributed by atoms with Crippen molar-refractivity contribution in [3.63, 3.8) is 0 Å². The summed E-state index contributed by atoms with van der Waals surface area (Å²) in [5, 5.41) is 0. The Morgan fingerprint density at radius 2 is 1.36 bits per heavy atom. The topological polar surface area (TPSA) is 0 Å². The van der Waals surface area contributed by atoms with E-state index in [4.69, 9.17) is 0 Å². The Kier molecular flexibility index (Phi) is 4.08. The molecule has 0 aliphatic heterocycles. The predicted molar refractivity (Wildman–Crippen MR) is 44.0 cm³/mol. The molecular formula is C6H6F7I. The van der Waals surface area contributed by atoms with E-state index in [1.54, 1.807) is 0 Å². The number of hydrogen-bond donors (Lipinski definition) is 0. The molecule has 0 spiro atoms. The van der Waals surface area contributed by atoms with Crippen molar-refractivity contribution in [2.75, 3.05) is 0 Å². The first kappa shape index (κ1) is 14.2. The third-order valence-electron chi connectivity index (χ3n) is 1.51. The van der Waals surface area contributed by atoms with E-state index < -0.39 is 28.4 Å². The van der Waals surface area contributed by atoms with Gasteiger partial charge in [0.15, 0.2) is 0 Å². The van der Waals surface area contributed by atoms with Crippen molar-refractivity contribution in [1.82, 2.24) is 0 Å². The molecule has 0 nitrogen and oxygen atoms in total. The summed E-state index contributed by atoms with van der Waals surface area (Å²) < 4.78 is 81.4. The molecule has 8 heteroatoms. The molecule has 2 atom stereocenters. The fourth-order valence-electron chi connectivity index (χ4n) is 0.568. The molecule has 0 saturated carbocycles. The van der Waals surface area contributed by atoms with E-state index in [1.165, 1.54) is 0 Å². The normalized spacial score (nSPS) is 20.4. The van der Waals surface area contributed by atoms with Crippen molar-refractivity contribution in [1.29, 1.82) is 0 Å². The van der Waals surface area contributed by atoms with Crippen LogP contribution < -0.4 is 0 Å². The highest BCUT2D eigenvalue weighted by molar-refractivity contribution is 14.1. The van der Waals surface area contributed by atoms with Gasteiger partial charge in [0, 0.05) is 6.42 Å². The van der Waals surface area contributed by atoms with Gasteiger partial charge in [0.25, 0.3) is 0 Å². The lowest BCUT2D eigenvalue weighted by molar-refractivity contribution is -0.232. The maximum absolute atomic E-state index is 12.7. The van der Waals surface area contributed by atoms with E-state index in [9.17, 15) is 30.7 Å². The van der Waals surface area contributed by atoms with Crippen LogP contribution in [0.25, 0.3) is 0 Å². The van der Waals surface area contributed by atoms with Crippen LogP contribution in [0.4, 0.5) is 30.7 Å². The van der Waals surface area contributed by atoms with Gasteiger partial charge in [0.2, 0.25) is 5.67 Å². The van der Waals surface area contributed by atoms with Gasteiger partial charge >= 0.3 is 12.4 Å². The molecule has 2 unspecified atom stereocenters. The van der Waals surface area contributed by atoms with Gasteiger partial charge in [-0.25, -0.2) is 4.39 Å². The molecule has 0 aromatic heterocycles. The van der Waals surface area contributed by atoms with E-state index in [0.717, 1.165) is 22.6 Å². The fraction of sp³-hybridized carbons (Fsp3) is 1.00. The Morgan fingerprint density at radius 1 is 1.00 bits per heavy atom. The van der Waals surface area contributed by atoms with E-state index in [2.05, 4.69) is 0 Å². The summed E-state index contributed by atoms with van der Waals surface area (Å²) >= 11 is 0.748.